The first-order valence-corrected chi connectivity index (χ1v) is 8.52. The Kier molecular flexibility index (Phi) is 6.08. The maximum absolute atomic E-state index is 13.0. The van der Waals surface area contributed by atoms with E-state index in [0.717, 1.165) is 11.0 Å². The summed E-state index contributed by atoms with van der Waals surface area (Å²) in [5, 5.41) is 3.87. The predicted molar refractivity (Wildman–Crippen MR) is 93.9 cm³/mol. The fourth-order valence-electron chi connectivity index (χ4n) is 2.39. The van der Waals surface area contributed by atoms with E-state index in [0.29, 0.717) is 18.0 Å². The molecule has 0 aliphatic heterocycles. The number of carbonyl (C=O) groups is 1. The average molecular weight is 445 g/mol. The van der Waals surface area contributed by atoms with Crippen molar-refractivity contribution >= 4 is 11.7 Å². The van der Waals surface area contributed by atoms with Crippen LogP contribution in [0.4, 0.5) is 32.2 Å². The molecule has 0 aliphatic carbocycles. The number of anilines is 1. The molecule has 0 unspecified atom stereocenters. The zero-order chi connectivity index (χ0) is 22.6. The number of hydrazine groups is 1. The third kappa shape index (κ3) is 5.90. The van der Waals surface area contributed by atoms with Crippen molar-refractivity contribution in [3.63, 3.8) is 0 Å². The highest BCUT2D eigenvalue weighted by atomic mass is 19.4. The summed E-state index contributed by atoms with van der Waals surface area (Å²) in [4.78, 5) is 23.3. The van der Waals surface area contributed by atoms with Crippen LogP contribution in [0.2, 0.25) is 0 Å². The zero-order valence-electron chi connectivity index (χ0n) is 15.4. The van der Waals surface area contributed by atoms with Gasteiger partial charge in [0.05, 0.1) is 23.9 Å². The molecule has 0 aliphatic rings. The first kappa shape index (κ1) is 22.0. The minimum Gasteiger partial charge on any atom is -0.281 e. The van der Waals surface area contributed by atoms with Gasteiger partial charge in [-0.15, -0.1) is 0 Å². The first-order chi connectivity index (χ1) is 14.5. The SMILES string of the molecule is O=C(CCn1cnc(-c2cc(C(F)(F)F)cc(C(F)(F)F)c2)n1)NNc1cnccn1. The molecule has 2 N–H and O–H groups in total. The maximum Gasteiger partial charge on any atom is 0.416 e. The van der Waals surface area contributed by atoms with E-state index < -0.39 is 35.0 Å². The molecule has 0 saturated carbocycles. The van der Waals surface area contributed by atoms with Gasteiger partial charge in [-0.2, -0.15) is 31.4 Å². The molecular formula is C17H13F6N7O. The van der Waals surface area contributed by atoms with Crippen LogP contribution in [0.3, 0.4) is 0 Å². The van der Waals surface area contributed by atoms with Crippen LogP contribution in [-0.4, -0.2) is 30.6 Å². The Morgan fingerprint density at radius 2 is 1.65 bits per heavy atom. The average Bonchev–Trinajstić information content (AvgIpc) is 3.19. The van der Waals surface area contributed by atoms with Gasteiger partial charge in [-0.1, -0.05) is 0 Å². The van der Waals surface area contributed by atoms with Crippen molar-refractivity contribution < 1.29 is 31.1 Å². The van der Waals surface area contributed by atoms with Crippen LogP contribution in [0, 0.1) is 0 Å². The molecule has 0 saturated heterocycles. The largest absolute Gasteiger partial charge is 0.416 e. The summed E-state index contributed by atoms with van der Waals surface area (Å²) in [6.07, 6.45) is -4.74. The molecule has 164 valence electrons. The lowest BCUT2D eigenvalue weighted by atomic mass is 10.0. The number of amides is 1. The van der Waals surface area contributed by atoms with Gasteiger partial charge in [-0.25, -0.2) is 9.97 Å². The molecule has 1 aromatic carbocycles. The highest BCUT2D eigenvalue weighted by molar-refractivity contribution is 5.76. The van der Waals surface area contributed by atoms with Gasteiger partial charge in [0, 0.05) is 24.4 Å². The molecule has 0 atom stereocenters. The van der Waals surface area contributed by atoms with Crippen LogP contribution in [0.5, 0.6) is 0 Å². The summed E-state index contributed by atoms with van der Waals surface area (Å²) >= 11 is 0. The summed E-state index contributed by atoms with van der Waals surface area (Å²) in [5.41, 5.74) is 1.49. The zero-order valence-corrected chi connectivity index (χ0v) is 15.4. The van der Waals surface area contributed by atoms with Crippen molar-refractivity contribution in [1.29, 1.82) is 0 Å². The van der Waals surface area contributed by atoms with Crippen LogP contribution in [-0.2, 0) is 23.7 Å². The number of hydrogen-bond acceptors (Lipinski definition) is 6. The maximum atomic E-state index is 13.0. The Balaban J connectivity index is 1.69. The molecule has 31 heavy (non-hydrogen) atoms. The van der Waals surface area contributed by atoms with E-state index in [1.807, 2.05) is 0 Å². The van der Waals surface area contributed by atoms with Gasteiger partial charge < -0.3 is 0 Å². The Morgan fingerprint density at radius 3 is 2.23 bits per heavy atom. The molecule has 3 aromatic rings. The van der Waals surface area contributed by atoms with Gasteiger partial charge in [-0.05, 0) is 18.2 Å². The highest BCUT2D eigenvalue weighted by Gasteiger charge is 2.37. The normalized spacial score (nSPS) is 11.9. The van der Waals surface area contributed by atoms with Crippen LogP contribution >= 0.6 is 0 Å². The second kappa shape index (κ2) is 8.57. The van der Waals surface area contributed by atoms with E-state index >= 15 is 0 Å². The third-order valence-corrected chi connectivity index (χ3v) is 3.84. The van der Waals surface area contributed by atoms with Crippen molar-refractivity contribution in [1.82, 2.24) is 30.2 Å². The summed E-state index contributed by atoms with van der Waals surface area (Å²) in [6, 6.07) is 1.09. The smallest absolute Gasteiger partial charge is 0.281 e. The summed E-state index contributed by atoms with van der Waals surface area (Å²) in [7, 11) is 0. The number of halogens is 6. The van der Waals surface area contributed by atoms with Crippen LogP contribution in [0.25, 0.3) is 11.4 Å². The third-order valence-electron chi connectivity index (χ3n) is 3.84. The van der Waals surface area contributed by atoms with E-state index in [1.165, 1.54) is 18.6 Å². The Morgan fingerprint density at radius 1 is 0.968 bits per heavy atom. The molecule has 2 heterocycles. The monoisotopic (exact) mass is 445 g/mol. The number of nitrogens with one attached hydrogen (secondary N) is 2. The second-order valence-electron chi connectivity index (χ2n) is 6.14. The fourth-order valence-corrected chi connectivity index (χ4v) is 2.39. The predicted octanol–water partition coefficient (Wildman–Crippen LogP) is 3.31. The number of aryl methyl sites for hydroxylation is 1. The lowest BCUT2D eigenvalue weighted by Gasteiger charge is -2.13. The van der Waals surface area contributed by atoms with Gasteiger partial charge in [0.25, 0.3) is 0 Å². The number of alkyl halides is 6. The van der Waals surface area contributed by atoms with E-state index in [1.54, 1.807) is 0 Å². The molecule has 3 rings (SSSR count). The van der Waals surface area contributed by atoms with Gasteiger partial charge >= 0.3 is 12.4 Å². The molecule has 1 amide bonds. The van der Waals surface area contributed by atoms with E-state index in [4.69, 9.17) is 0 Å². The number of benzene rings is 1. The summed E-state index contributed by atoms with van der Waals surface area (Å²) in [6.45, 7) is -0.0218. The van der Waals surface area contributed by atoms with Gasteiger partial charge in [0.15, 0.2) is 11.6 Å². The van der Waals surface area contributed by atoms with E-state index in [-0.39, 0.29) is 24.9 Å². The number of nitrogens with zero attached hydrogens (tertiary/aromatic N) is 5. The Labute approximate surface area is 170 Å². The highest BCUT2D eigenvalue weighted by Crippen LogP contribution is 2.38. The number of aromatic nitrogens is 5. The lowest BCUT2D eigenvalue weighted by molar-refractivity contribution is -0.143. The molecular weight excluding hydrogens is 432 g/mol. The molecule has 14 heteroatoms. The first-order valence-electron chi connectivity index (χ1n) is 8.52. The topological polar surface area (TPSA) is 97.6 Å². The van der Waals surface area contributed by atoms with Crippen LogP contribution < -0.4 is 10.9 Å². The van der Waals surface area contributed by atoms with Crippen molar-refractivity contribution in [3.05, 3.63) is 54.2 Å². The van der Waals surface area contributed by atoms with Gasteiger partial charge in [0.1, 0.15) is 6.33 Å². The molecule has 8 nitrogen and oxygen atoms in total. The van der Waals surface area contributed by atoms with Crippen molar-refractivity contribution in [2.75, 3.05) is 5.43 Å². The summed E-state index contributed by atoms with van der Waals surface area (Å²) in [5.74, 6) is -0.514. The molecule has 0 spiro atoms. The minimum atomic E-state index is -4.98. The standard InChI is InChI=1S/C17H13F6N7O/c18-16(19,20)11-5-10(6-12(7-11)17(21,22)23)15-26-9-30(29-15)4-1-14(31)28-27-13-8-24-2-3-25-13/h2-3,5-9H,1,4H2,(H,25,27)(H,28,31). The Bertz CT molecular complexity index is 1020. The second-order valence-corrected chi connectivity index (χ2v) is 6.14. The van der Waals surface area contributed by atoms with Gasteiger partial charge in [-0.3, -0.25) is 25.3 Å². The van der Waals surface area contributed by atoms with Crippen LogP contribution in [0.15, 0.2) is 43.1 Å². The van der Waals surface area contributed by atoms with E-state index in [9.17, 15) is 31.1 Å². The lowest BCUT2D eigenvalue weighted by Crippen LogP contribution is -2.30. The summed E-state index contributed by atoms with van der Waals surface area (Å²) < 4.78 is 79.1. The minimum absolute atomic E-state index is 0.0218. The quantitative estimate of drug-likeness (QED) is 0.447. The van der Waals surface area contributed by atoms with Crippen molar-refractivity contribution in [3.8, 4) is 11.4 Å². The fraction of sp³-hybridized carbons (Fsp3) is 0.235. The molecule has 0 bridgehead atoms. The van der Waals surface area contributed by atoms with Crippen molar-refractivity contribution in [2.24, 2.45) is 0 Å². The van der Waals surface area contributed by atoms with Crippen LogP contribution in [0.1, 0.15) is 17.5 Å². The van der Waals surface area contributed by atoms with E-state index in [2.05, 4.69) is 30.9 Å². The number of hydrogen-bond donors (Lipinski definition) is 2. The molecule has 2 aromatic heterocycles. The molecule has 0 fully saturated rings. The Hall–Kier alpha value is -3.71. The molecule has 0 radical (unpaired) electrons. The number of carbonyl (C=O) groups excluding carboxylic acids is 1. The van der Waals surface area contributed by atoms with Crippen molar-refractivity contribution in [2.45, 2.75) is 25.3 Å². The number of rotatable bonds is 6. The van der Waals surface area contributed by atoms with Gasteiger partial charge in [0.2, 0.25) is 5.91 Å².